The second kappa shape index (κ2) is 6.21. The molecule has 0 bridgehead atoms. The van der Waals surface area contributed by atoms with Gasteiger partial charge in [0, 0.05) is 29.3 Å². The fraction of sp³-hybridized carbons (Fsp3) is 0.308. The Morgan fingerprint density at radius 3 is 2.53 bits per heavy atom. The third kappa shape index (κ3) is 4.08. The molecule has 0 saturated carbocycles. The highest BCUT2D eigenvalue weighted by Crippen LogP contribution is 2.19. The van der Waals surface area contributed by atoms with Gasteiger partial charge in [-0.1, -0.05) is 6.08 Å². The van der Waals surface area contributed by atoms with Crippen LogP contribution < -0.4 is 0 Å². The van der Waals surface area contributed by atoms with Crippen molar-refractivity contribution in [1.82, 2.24) is 4.90 Å². The molecule has 0 fully saturated rings. The number of carbonyl (C=O) groups is 1. The maximum Gasteiger partial charge on any atom is 0.261 e. The van der Waals surface area contributed by atoms with Gasteiger partial charge in [0.2, 0.25) is 0 Å². The first-order valence-corrected chi connectivity index (χ1v) is 8.07. The minimum Gasteiger partial charge on any atom is -0.335 e. The van der Waals surface area contributed by atoms with Gasteiger partial charge in [-0.3, -0.25) is 4.79 Å². The van der Waals surface area contributed by atoms with E-state index in [1.165, 1.54) is 12.1 Å². The van der Waals surface area contributed by atoms with Crippen molar-refractivity contribution in [1.29, 1.82) is 0 Å². The molecule has 0 aliphatic rings. The Balaban J connectivity index is 3.24. The van der Waals surface area contributed by atoms with Crippen molar-refractivity contribution in [3.63, 3.8) is 0 Å². The highest BCUT2D eigenvalue weighted by Gasteiger charge is 2.17. The lowest BCUT2D eigenvalue weighted by Crippen LogP contribution is -2.31. The molecule has 0 aromatic heterocycles. The zero-order valence-corrected chi connectivity index (χ0v) is 12.5. The summed E-state index contributed by atoms with van der Waals surface area (Å²) < 4.78 is 22.7. The van der Waals surface area contributed by atoms with E-state index in [1.54, 1.807) is 24.0 Å². The Morgan fingerprint density at radius 1 is 1.42 bits per heavy atom. The Bertz CT molecular complexity index is 596. The fourth-order valence-corrected chi connectivity index (χ4v) is 2.57. The van der Waals surface area contributed by atoms with Crippen LogP contribution >= 0.6 is 10.7 Å². The summed E-state index contributed by atoms with van der Waals surface area (Å²) in [6.45, 7) is 8.07. The van der Waals surface area contributed by atoms with Gasteiger partial charge in [0.25, 0.3) is 15.0 Å². The van der Waals surface area contributed by atoms with Gasteiger partial charge in [0.15, 0.2) is 0 Å². The van der Waals surface area contributed by atoms with Crippen LogP contribution in [0.15, 0.2) is 35.7 Å². The van der Waals surface area contributed by atoms with Gasteiger partial charge in [-0.2, -0.15) is 0 Å². The smallest absolute Gasteiger partial charge is 0.261 e. The van der Waals surface area contributed by atoms with Crippen molar-refractivity contribution < 1.29 is 13.2 Å². The molecule has 0 atom stereocenters. The van der Waals surface area contributed by atoms with Gasteiger partial charge in [0.1, 0.15) is 0 Å². The van der Waals surface area contributed by atoms with Crippen LogP contribution in [0.2, 0.25) is 0 Å². The number of rotatable bonds is 5. The van der Waals surface area contributed by atoms with Crippen molar-refractivity contribution in [2.24, 2.45) is 0 Å². The Kier molecular flexibility index (Phi) is 5.14. The predicted molar refractivity (Wildman–Crippen MR) is 76.0 cm³/mol. The van der Waals surface area contributed by atoms with E-state index < -0.39 is 9.05 Å². The van der Waals surface area contributed by atoms with Crippen LogP contribution in [-0.4, -0.2) is 32.3 Å². The van der Waals surface area contributed by atoms with Crippen molar-refractivity contribution in [2.75, 3.05) is 13.1 Å². The average Bonchev–Trinajstić information content (AvgIpc) is 2.33. The van der Waals surface area contributed by atoms with E-state index >= 15 is 0 Å². The topological polar surface area (TPSA) is 54.5 Å². The Morgan fingerprint density at radius 2 is 2.05 bits per heavy atom. The number of hydrogen-bond acceptors (Lipinski definition) is 3. The quantitative estimate of drug-likeness (QED) is 0.620. The largest absolute Gasteiger partial charge is 0.335 e. The second-order valence-corrected chi connectivity index (χ2v) is 6.67. The number of aryl methyl sites for hydroxylation is 1. The second-order valence-electron chi connectivity index (χ2n) is 4.11. The number of benzene rings is 1. The molecule has 0 radical (unpaired) electrons. The molecular weight excluding hydrogens is 286 g/mol. The van der Waals surface area contributed by atoms with E-state index in [0.717, 1.165) is 0 Å². The summed E-state index contributed by atoms with van der Waals surface area (Å²) in [6, 6.07) is 4.37. The highest BCUT2D eigenvalue weighted by atomic mass is 35.7. The molecule has 0 aliphatic heterocycles. The van der Waals surface area contributed by atoms with Crippen LogP contribution in [-0.2, 0) is 9.05 Å². The summed E-state index contributed by atoms with van der Waals surface area (Å²) in [7, 11) is 1.47. The number of carbonyl (C=O) groups excluding carboxylic acids is 1. The molecule has 0 saturated heterocycles. The van der Waals surface area contributed by atoms with E-state index in [2.05, 4.69) is 6.58 Å². The molecule has 104 valence electrons. The lowest BCUT2D eigenvalue weighted by Gasteiger charge is -2.19. The van der Waals surface area contributed by atoms with Crippen molar-refractivity contribution in [3.05, 3.63) is 42.0 Å². The van der Waals surface area contributed by atoms with Crippen LogP contribution in [0.4, 0.5) is 0 Å². The third-order valence-electron chi connectivity index (χ3n) is 2.60. The standard InChI is InChI=1S/C13H16ClNO3S/c1-4-6-15(5-2)13(16)11-7-10(3)8-12(9-11)19(14,17)18/h4,7-9H,1,5-6H2,2-3H3. The van der Waals surface area contributed by atoms with E-state index in [9.17, 15) is 13.2 Å². The average molecular weight is 302 g/mol. The van der Waals surface area contributed by atoms with Crippen LogP contribution in [0.3, 0.4) is 0 Å². The predicted octanol–water partition coefficient (Wildman–Crippen LogP) is 2.57. The van der Waals surface area contributed by atoms with Gasteiger partial charge in [-0.25, -0.2) is 8.42 Å². The van der Waals surface area contributed by atoms with E-state index in [0.29, 0.717) is 24.2 Å². The van der Waals surface area contributed by atoms with Crippen LogP contribution in [0.5, 0.6) is 0 Å². The summed E-state index contributed by atoms with van der Waals surface area (Å²) >= 11 is 0. The highest BCUT2D eigenvalue weighted by molar-refractivity contribution is 8.13. The zero-order valence-electron chi connectivity index (χ0n) is 10.9. The Labute approximate surface area is 118 Å². The number of nitrogens with zero attached hydrogens (tertiary/aromatic N) is 1. The maximum absolute atomic E-state index is 12.2. The summed E-state index contributed by atoms with van der Waals surface area (Å²) in [4.78, 5) is 13.7. The lowest BCUT2D eigenvalue weighted by atomic mass is 10.1. The molecule has 1 aromatic carbocycles. The number of hydrogen-bond donors (Lipinski definition) is 0. The monoisotopic (exact) mass is 301 g/mol. The normalized spacial score (nSPS) is 11.1. The molecule has 6 heteroatoms. The number of halogens is 1. The van der Waals surface area contributed by atoms with Gasteiger partial charge >= 0.3 is 0 Å². The first kappa shape index (κ1) is 15.7. The first-order chi connectivity index (χ1) is 8.79. The van der Waals surface area contributed by atoms with Crippen molar-refractivity contribution >= 4 is 25.6 Å². The number of likely N-dealkylation sites (N-methyl/N-ethyl adjacent to an activating group) is 1. The molecule has 0 aliphatic carbocycles. The molecule has 0 spiro atoms. The third-order valence-corrected chi connectivity index (χ3v) is 3.93. The van der Waals surface area contributed by atoms with Crippen LogP contribution in [0.1, 0.15) is 22.8 Å². The molecule has 0 unspecified atom stereocenters. The first-order valence-electron chi connectivity index (χ1n) is 5.76. The molecule has 4 nitrogen and oxygen atoms in total. The van der Waals surface area contributed by atoms with E-state index in [1.807, 2.05) is 6.92 Å². The maximum atomic E-state index is 12.2. The Hall–Kier alpha value is -1.33. The molecule has 0 N–H and O–H groups in total. The molecule has 1 aromatic rings. The van der Waals surface area contributed by atoms with E-state index in [4.69, 9.17) is 10.7 Å². The van der Waals surface area contributed by atoms with Crippen molar-refractivity contribution in [2.45, 2.75) is 18.7 Å². The van der Waals surface area contributed by atoms with E-state index in [-0.39, 0.29) is 10.8 Å². The molecule has 0 heterocycles. The summed E-state index contributed by atoms with van der Waals surface area (Å²) in [6.07, 6.45) is 1.62. The van der Waals surface area contributed by atoms with Crippen LogP contribution in [0.25, 0.3) is 0 Å². The minimum absolute atomic E-state index is 0.0628. The lowest BCUT2D eigenvalue weighted by molar-refractivity contribution is 0.0782. The van der Waals surface area contributed by atoms with Gasteiger partial charge < -0.3 is 4.90 Å². The molecular formula is C13H16ClNO3S. The zero-order chi connectivity index (χ0) is 14.6. The summed E-state index contributed by atoms with van der Waals surface area (Å²) in [5.41, 5.74) is 0.975. The van der Waals surface area contributed by atoms with Gasteiger partial charge in [-0.15, -0.1) is 6.58 Å². The molecule has 1 rings (SSSR count). The molecule has 1 amide bonds. The van der Waals surface area contributed by atoms with Gasteiger partial charge in [-0.05, 0) is 37.6 Å². The number of amides is 1. The summed E-state index contributed by atoms with van der Waals surface area (Å²) in [5.74, 6) is -0.243. The fourth-order valence-electron chi connectivity index (χ4n) is 1.71. The molecule has 19 heavy (non-hydrogen) atoms. The van der Waals surface area contributed by atoms with Crippen LogP contribution in [0, 0.1) is 6.92 Å². The summed E-state index contributed by atoms with van der Waals surface area (Å²) in [5, 5.41) is 0. The van der Waals surface area contributed by atoms with Crippen molar-refractivity contribution in [3.8, 4) is 0 Å². The van der Waals surface area contributed by atoms with Gasteiger partial charge in [0.05, 0.1) is 4.90 Å². The minimum atomic E-state index is -3.84. The SMILES string of the molecule is C=CCN(CC)C(=O)c1cc(C)cc(S(=O)(=O)Cl)c1.